The van der Waals surface area contributed by atoms with Gasteiger partial charge in [-0.1, -0.05) is 18.9 Å². The Kier molecular flexibility index (Phi) is 6.67. The average molecular weight is 256 g/mol. The first kappa shape index (κ1) is 14.9. The number of aromatic nitrogens is 2. The minimum absolute atomic E-state index is 0.354. The maximum Gasteiger partial charge on any atom is 0.318 e. The summed E-state index contributed by atoms with van der Waals surface area (Å²) >= 11 is 0. The third-order valence-electron chi connectivity index (χ3n) is 2.89. The molecule has 104 valence electrons. The second-order valence-corrected chi connectivity index (χ2v) is 4.20. The monoisotopic (exact) mass is 256 g/mol. The van der Waals surface area contributed by atoms with E-state index in [1.165, 1.54) is 0 Å². The molecule has 0 fully saturated rings. The lowest BCUT2D eigenvalue weighted by Gasteiger charge is -2.25. The molecule has 0 aromatic carbocycles. The molecule has 1 N–H and O–H groups in total. The maximum atomic E-state index is 5.65. The van der Waals surface area contributed by atoms with E-state index in [1.807, 2.05) is 6.92 Å². The third kappa shape index (κ3) is 4.27. The van der Waals surface area contributed by atoms with Crippen LogP contribution in [0.3, 0.4) is 0 Å². The van der Waals surface area contributed by atoms with Crippen molar-refractivity contribution in [1.82, 2.24) is 15.5 Å². The molecule has 6 nitrogen and oxygen atoms in total. The van der Waals surface area contributed by atoms with Crippen LogP contribution in [0.2, 0.25) is 0 Å². The van der Waals surface area contributed by atoms with Gasteiger partial charge in [0.2, 0.25) is 5.89 Å². The normalized spacial score (nSPS) is 12.7. The van der Waals surface area contributed by atoms with Crippen LogP contribution in [-0.2, 0) is 11.3 Å². The van der Waals surface area contributed by atoms with Crippen molar-refractivity contribution in [3.63, 3.8) is 0 Å². The van der Waals surface area contributed by atoms with E-state index in [2.05, 4.69) is 34.3 Å². The van der Waals surface area contributed by atoms with Crippen LogP contribution < -0.4 is 10.2 Å². The lowest BCUT2D eigenvalue weighted by Crippen LogP contribution is -2.35. The Morgan fingerprint density at radius 3 is 2.78 bits per heavy atom. The fraction of sp³-hybridized carbons (Fsp3) is 0.833. The Morgan fingerprint density at radius 1 is 1.39 bits per heavy atom. The van der Waals surface area contributed by atoms with Gasteiger partial charge in [-0.15, -0.1) is 5.10 Å². The standard InChI is InChI=1S/C12H24N4O2/c1-5-10(3)16(7-8-17-4)12-15-14-11(18-12)9-13-6-2/h10,13H,5-9H2,1-4H3. The predicted octanol–water partition coefficient (Wildman–Crippen LogP) is 1.43. The van der Waals surface area contributed by atoms with E-state index in [-0.39, 0.29) is 0 Å². The molecular weight excluding hydrogens is 232 g/mol. The van der Waals surface area contributed by atoms with Crippen molar-refractivity contribution in [2.45, 2.75) is 39.8 Å². The minimum atomic E-state index is 0.354. The highest BCUT2D eigenvalue weighted by molar-refractivity contribution is 5.25. The highest BCUT2D eigenvalue weighted by Crippen LogP contribution is 2.16. The minimum Gasteiger partial charge on any atom is -0.407 e. The summed E-state index contributed by atoms with van der Waals surface area (Å²) in [6.45, 7) is 9.23. The maximum absolute atomic E-state index is 5.65. The molecule has 6 heteroatoms. The first-order valence-corrected chi connectivity index (χ1v) is 6.51. The summed E-state index contributed by atoms with van der Waals surface area (Å²) in [4.78, 5) is 2.09. The number of methoxy groups -OCH3 is 1. The molecular formula is C12H24N4O2. The summed E-state index contributed by atoms with van der Waals surface area (Å²) in [6, 6.07) is 0.932. The number of nitrogens with zero attached hydrogens (tertiary/aromatic N) is 3. The zero-order valence-electron chi connectivity index (χ0n) is 11.8. The van der Waals surface area contributed by atoms with Gasteiger partial charge in [-0.3, -0.25) is 0 Å². The molecule has 0 aliphatic heterocycles. The van der Waals surface area contributed by atoms with E-state index in [0.717, 1.165) is 19.5 Å². The molecule has 1 rings (SSSR count). The van der Waals surface area contributed by atoms with Gasteiger partial charge in [0.25, 0.3) is 0 Å². The Morgan fingerprint density at radius 2 is 2.17 bits per heavy atom. The van der Waals surface area contributed by atoms with E-state index in [0.29, 0.717) is 31.1 Å². The Balaban J connectivity index is 2.68. The van der Waals surface area contributed by atoms with Crippen molar-refractivity contribution in [2.24, 2.45) is 0 Å². The Labute approximate surface area is 109 Å². The summed E-state index contributed by atoms with van der Waals surface area (Å²) in [5.41, 5.74) is 0. The van der Waals surface area contributed by atoms with Gasteiger partial charge in [-0.2, -0.15) is 0 Å². The van der Waals surface area contributed by atoms with Gasteiger partial charge in [0, 0.05) is 19.7 Å². The quantitative estimate of drug-likeness (QED) is 0.721. The molecule has 1 aromatic heterocycles. The lowest BCUT2D eigenvalue weighted by atomic mass is 10.2. The van der Waals surface area contributed by atoms with Crippen molar-refractivity contribution < 1.29 is 9.15 Å². The van der Waals surface area contributed by atoms with Crippen molar-refractivity contribution in [3.05, 3.63) is 5.89 Å². The van der Waals surface area contributed by atoms with Crippen LogP contribution in [0, 0.1) is 0 Å². The fourth-order valence-electron chi connectivity index (χ4n) is 1.58. The second kappa shape index (κ2) is 8.05. The molecule has 0 bridgehead atoms. The van der Waals surface area contributed by atoms with Crippen LogP contribution in [0.25, 0.3) is 0 Å². The largest absolute Gasteiger partial charge is 0.407 e. The van der Waals surface area contributed by atoms with E-state index in [4.69, 9.17) is 9.15 Å². The third-order valence-corrected chi connectivity index (χ3v) is 2.89. The zero-order valence-corrected chi connectivity index (χ0v) is 11.8. The van der Waals surface area contributed by atoms with E-state index < -0.39 is 0 Å². The first-order valence-electron chi connectivity index (χ1n) is 6.51. The van der Waals surface area contributed by atoms with Crippen molar-refractivity contribution >= 4 is 6.01 Å². The zero-order chi connectivity index (χ0) is 13.4. The van der Waals surface area contributed by atoms with Gasteiger partial charge >= 0.3 is 6.01 Å². The predicted molar refractivity (Wildman–Crippen MR) is 70.7 cm³/mol. The van der Waals surface area contributed by atoms with Crippen LogP contribution >= 0.6 is 0 Å². The summed E-state index contributed by atoms with van der Waals surface area (Å²) < 4.78 is 10.8. The van der Waals surface area contributed by atoms with Crippen LogP contribution in [0.4, 0.5) is 6.01 Å². The van der Waals surface area contributed by atoms with Gasteiger partial charge in [-0.25, -0.2) is 0 Å². The number of nitrogens with one attached hydrogen (secondary N) is 1. The second-order valence-electron chi connectivity index (χ2n) is 4.20. The molecule has 1 unspecified atom stereocenters. The first-order chi connectivity index (χ1) is 8.72. The van der Waals surface area contributed by atoms with Gasteiger partial charge < -0.3 is 19.4 Å². The fourth-order valence-corrected chi connectivity index (χ4v) is 1.58. The number of anilines is 1. The topological polar surface area (TPSA) is 63.4 Å². The number of hydrogen-bond donors (Lipinski definition) is 1. The van der Waals surface area contributed by atoms with Crippen molar-refractivity contribution in [3.8, 4) is 0 Å². The molecule has 0 spiro atoms. The molecule has 0 aliphatic rings. The van der Waals surface area contributed by atoms with Crippen LogP contribution in [0.15, 0.2) is 4.42 Å². The molecule has 0 aliphatic carbocycles. The highest BCUT2D eigenvalue weighted by Gasteiger charge is 2.18. The summed E-state index contributed by atoms with van der Waals surface area (Å²) in [5, 5.41) is 11.3. The summed E-state index contributed by atoms with van der Waals surface area (Å²) in [7, 11) is 1.69. The average Bonchev–Trinajstić information content (AvgIpc) is 2.85. The summed E-state index contributed by atoms with van der Waals surface area (Å²) in [6.07, 6.45) is 1.02. The van der Waals surface area contributed by atoms with Gasteiger partial charge in [0.15, 0.2) is 0 Å². The van der Waals surface area contributed by atoms with Gasteiger partial charge in [0.1, 0.15) is 0 Å². The number of hydrogen-bond acceptors (Lipinski definition) is 6. The van der Waals surface area contributed by atoms with E-state index in [9.17, 15) is 0 Å². The molecule has 0 amide bonds. The lowest BCUT2D eigenvalue weighted by molar-refractivity contribution is 0.201. The molecule has 18 heavy (non-hydrogen) atoms. The Hall–Kier alpha value is -1.14. The SMILES string of the molecule is CCNCc1nnc(N(CCOC)C(C)CC)o1. The van der Waals surface area contributed by atoms with E-state index in [1.54, 1.807) is 7.11 Å². The Bertz CT molecular complexity index is 330. The number of rotatable bonds is 9. The van der Waals surface area contributed by atoms with Crippen molar-refractivity contribution in [1.29, 1.82) is 0 Å². The molecule has 0 radical (unpaired) electrons. The van der Waals surface area contributed by atoms with E-state index >= 15 is 0 Å². The van der Waals surface area contributed by atoms with Crippen LogP contribution in [0.5, 0.6) is 0 Å². The summed E-state index contributed by atoms with van der Waals surface area (Å²) in [5.74, 6) is 0.623. The smallest absolute Gasteiger partial charge is 0.318 e. The van der Waals surface area contributed by atoms with Gasteiger partial charge in [-0.05, 0) is 19.9 Å². The molecule has 1 atom stereocenters. The molecule has 0 saturated heterocycles. The highest BCUT2D eigenvalue weighted by atomic mass is 16.5. The van der Waals surface area contributed by atoms with Crippen molar-refractivity contribution in [2.75, 3.05) is 31.7 Å². The molecule has 1 heterocycles. The number of ether oxygens (including phenoxy) is 1. The van der Waals surface area contributed by atoms with Crippen LogP contribution in [-0.4, -0.2) is 43.0 Å². The van der Waals surface area contributed by atoms with Crippen LogP contribution in [0.1, 0.15) is 33.1 Å². The molecule has 1 aromatic rings. The van der Waals surface area contributed by atoms with Gasteiger partial charge in [0.05, 0.1) is 13.2 Å². The molecule has 0 saturated carbocycles.